The van der Waals surface area contributed by atoms with Crippen LogP contribution in [0.3, 0.4) is 0 Å². The molecule has 0 N–H and O–H groups in total. The summed E-state index contributed by atoms with van der Waals surface area (Å²) in [5.41, 5.74) is 12.4. The van der Waals surface area contributed by atoms with E-state index in [1.165, 1.54) is 31.7 Å². The molecule has 0 amide bonds. The molecule has 5 heterocycles. The van der Waals surface area contributed by atoms with Crippen LogP contribution in [0.2, 0.25) is 0 Å². The van der Waals surface area contributed by atoms with Crippen LogP contribution in [0, 0.1) is 0 Å². The van der Waals surface area contributed by atoms with Crippen molar-refractivity contribution in [1.82, 2.24) is 14.5 Å². The summed E-state index contributed by atoms with van der Waals surface area (Å²) in [4.78, 5) is 15.2. The molecule has 0 radical (unpaired) electrons. The van der Waals surface area contributed by atoms with Crippen molar-refractivity contribution in [3.05, 3.63) is 192 Å². The molecule has 6 aromatic carbocycles. The van der Waals surface area contributed by atoms with Crippen LogP contribution < -0.4 is 9.64 Å². The highest BCUT2D eigenvalue weighted by Gasteiger charge is 2.52. The lowest BCUT2D eigenvalue weighted by Gasteiger charge is -2.41. The third-order valence-electron chi connectivity index (χ3n) is 11.1. The first-order chi connectivity index (χ1) is 26.3. The number of nitrogens with zero attached hydrogens (tertiary/aromatic N) is 4. The third-order valence-corrected chi connectivity index (χ3v) is 12.3. The van der Waals surface area contributed by atoms with Gasteiger partial charge in [-0.05, 0) is 77.4 Å². The topological polar surface area (TPSA) is 43.2 Å². The van der Waals surface area contributed by atoms with Gasteiger partial charge in [0.15, 0.2) is 11.5 Å². The number of fused-ring (bicyclic) bond motifs is 14. The Bertz CT molecular complexity index is 2910. The van der Waals surface area contributed by atoms with Crippen LogP contribution in [0.25, 0.3) is 38.9 Å². The number of rotatable bonds is 2. The minimum atomic E-state index is -0.667. The molecule has 12 rings (SSSR count). The molecule has 1 atom stereocenters. The lowest BCUT2D eigenvalue weighted by Crippen LogP contribution is -2.33. The van der Waals surface area contributed by atoms with Crippen LogP contribution in [0.1, 0.15) is 22.3 Å². The van der Waals surface area contributed by atoms with Gasteiger partial charge in [-0.2, -0.15) is 0 Å². The van der Waals surface area contributed by atoms with E-state index in [9.17, 15) is 0 Å². The van der Waals surface area contributed by atoms with Gasteiger partial charge >= 0.3 is 0 Å². The highest BCUT2D eigenvalue weighted by Crippen LogP contribution is 2.64. The molecule has 3 aromatic heterocycles. The first kappa shape index (κ1) is 29.0. The molecule has 9 aromatic rings. The summed E-state index contributed by atoms with van der Waals surface area (Å²) < 4.78 is 8.82. The molecule has 6 heteroatoms. The SMILES string of the molecule is c1ccc2c(c1)Oc1ccccc1N2c1cccc2c1Sc1ccccc1[C@@]21c2cccnc2-c2ncc(-n3c4ccccc4c4ccccc43)cc21. The summed E-state index contributed by atoms with van der Waals surface area (Å²) in [6.45, 7) is 0. The lowest BCUT2D eigenvalue weighted by molar-refractivity contribution is 0.477. The second kappa shape index (κ2) is 10.7. The monoisotopic (exact) mass is 696 g/mol. The van der Waals surface area contributed by atoms with E-state index in [1.807, 2.05) is 36.3 Å². The van der Waals surface area contributed by atoms with Crippen molar-refractivity contribution in [1.29, 1.82) is 0 Å². The van der Waals surface area contributed by atoms with Crippen molar-refractivity contribution in [3.63, 3.8) is 0 Å². The number of pyridine rings is 2. The molecule has 0 bridgehead atoms. The fraction of sp³-hybridized carbons (Fsp3) is 0.0213. The van der Waals surface area contributed by atoms with Gasteiger partial charge in [0.1, 0.15) is 0 Å². The molecular weight excluding hydrogens is 669 g/mol. The highest BCUT2D eigenvalue weighted by molar-refractivity contribution is 7.99. The van der Waals surface area contributed by atoms with Gasteiger partial charge in [0.2, 0.25) is 0 Å². The normalized spacial score (nSPS) is 16.0. The van der Waals surface area contributed by atoms with Crippen molar-refractivity contribution >= 4 is 50.6 Å². The maximum Gasteiger partial charge on any atom is 0.151 e. The largest absolute Gasteiger partial charge is 0.453 e. The Kier molecular flexibility index (Phi) is 5.85. The van der Waals surface area contributed by atoms with Gasteiger partial charge in [0.05, 0.1) is 56.8 Å². The zero-order valence-corrected chi connectivity index (χ0v) is 29.1. The van der Waals surface area contributed by atoms with Gasteiger partial charge in [0.25, 0.3) is 0 Å². The minimum Gasteiger partial charge on any atom is -0.453 e. The molecule has 5 nitrogen and oxygen atoms in total. The van der Waals surface area contributed by atoms with Crippen LogP contribution in [0.15, 0.2) is 180 Å². The number of hydrogen-bond acceptors (Lipinski definition) is 5. The summed E-state index contributed by atoms with van der Waals surface area (Å²) >= 11 is 1.84. The Hall–Kier alpha value is -6.63. The molecule has 0 fully saturated rings. The summed E-state index contributed by atoms with van der Waals surface area (Å²) in [7, 11) is 0. The van der Waals surface area contributed by atoms with Crippen molar-refractivity contribution in [2.45, 2.75) is 15.2 Å². The van der Waals surface area contributed by atoms with E-state index in [0.717, 1.165) is 67.8 Å². The van der Waals surface area contributed by atoms with Gasteiger partial charge in [-0.15, -0.1) is 0 Å². The fourth-order valence-corrected chi connectivity index (χ4v) is 10.4. The molecule has 3 aliphatic rings. The number of hydrogen-bond donors (Lipinski definition) is 0. The van der Waals surface area contributed by atoms with Gasteiger partial charge in [-0.1, -0.05) is 109 Å². The second-order valence-electron chi connectivity index (χ2n) is 13.7. The first-order valence-electron chi connectivity index (χ1n) is 17.8. The average Bonchev–Trinajstić information content (AvgIpc) is 3.70. The van der Waals surface area contributed by atoms with Crippen LogP contribution in [0.4, 0.5) is 17.1 Å². The third kappa shape index (κ3) is 3.77. The van der Waals surface area contributed by atoms with E-state index in [0.29, 0.717) is 0 Å². The second-order valence-corrected chi connectivity index (χ2v) is 14.8. The molecule has 0 saturated carbocycles. The molecule has 1 spiro atoms. The van der Waals surface area contributed by atoms with E-state index in [1.54, 1.807) is 0 Å². The van der Waals surface area contributed by atoms with Gasteiger partial charge in [-0.3, -0.25) is 9.97 Å². The Morgan fingerprint density at radius 2 is 1.11 bits per heavy atom. The van der Waals surface area contributed by atoms with Crippen LogP contribution in [-0.4, -0.2) is 14.5 Å². The Labute approximate surface area is 309 Å². The quantitative estimate of drug-likeness (QED) is 0.180. The number of ether oxygens (including phenoxy) is 1. The maximum atomic E-state index is 6.46. The molecule has 0 saturated heterocycles. The predicted molar refractivity (Wildman–Crippen MR) is 213 cm³/mol. The van der Waals surface area contributed by atoms with Crippen molar-refractivity contribution in [3.8, 4) is 28.6 Å². The van der Waals surface area contributed by atoms with E-state index in [-0.39, 0.29) is 0 Å². The molecule has 1 aliphatic carbocycles. The van der Waals surface area contributed by atoms with Gasteiger partial charge in [-0.25, -0.2) is 0 Å². The number of para-hydroxylation sites is 6. The zero-order valence-electron chi connectivity index (χ0n) is 28.3. The summed E-state index contributed by atoms with van der Waals surface area (Å²) in [5.74, 6) is 1.67. The lowest BCUT2D eigenvalue weighted by atomic mass is 9.67. The molecule has 2 aliphatic heterocycles. The molecule has 248 valence electrons. The predicted octanol–water partition coefficient (Wildman–Crippen LogP) is 12.0. The van der Waals surface area contributed by atoms with Crippen LogP contribution in [-0.2, 0) is 5.41 Å². The highest BCUT2D eigenvalue weighted by atomic mass is 32.2. The Balaban J connectivity index is 1.18. The number of aromatic nitrogens is 3. The maximum absolute atomic E-state index is 6.46. The van der Waals surface area contributed by atoms with E-state index in [2.05, 4.69) is 155 Å². The Morgan fingerprint density at radius 1 is 0.509 bits per heavy atom. The summed E-state index contributed by atoms with van der Waals surface area (Å²) in [5, 5.41) is 2.45. The fourth-order valence-electron chi connectivity index (χ4n) is 9.06. The average molecular weight is 697 g/mol. The molecule has 0 unspecified atom stereocenters. The van der Waals surface area contributed by atoms with Crippen LogP contribution >= 0.6 is 11.8 Å². The molecular formula is C47H28N4OS. The zero-order chi connectivity index (χ0) is 34.7. The summed E-state index contributed by atoms with van der Waals surface area (Å²) in [6, 6.07) is 56.3. The van der Waals surface area contributed by atoms with Crippen LogP contribution in [0.5, 0.6) is 11.5 Å². The Morgan fingerprint density at radius 3 is 1.89 bits per heavy atom. The first-order valence-corrected chi connectivity index (χ1v) is 18.6. The molecule has 53 heavy (non-hydrogen) atoms. The smallest absolute Gasteiger partial charge is 0.151 e. The van der Waals surface area contributed by atoms with Crippen molar-refractivity contribution < 1.29 is 4.74 Å². The van der Waals surface area contributed by atoms with Crippen molar-refractivity contribution in [2.24, 2.45) is 0 Å². The van der Waals surface area contributed by atoms with Gasteiger partial charge in [0, 0.05) is 32.3 Å². The van der Waals surface area contributed by atoms with Gasteiger partial charge < -0.3 is 14.2 Å². The minimum absolute atomic E-state index is 0.667. The number of anilines is 3. The summed E-state index contributed by atoms with van der Waals surface area (Å²) in [6.07, 6.45) is 3.92. The van der Waals surface area contributed by atoms with E-state index in [4.69, 9.17) is 14.7 Å². The van der Waals surface area contributed by atoms with E-state index >= 15 is 0 Å². The number of benzene rings is 6. The van der Waals surface area contributed by atoms with E-state index < -0.39 is 5.41 Å². The standard InChI is InChI=1S/C47H28N4OS/c1-4-18-36-30(13-1)31-14-2-5-19-37(31)50(36)29-27-35-45(49-28-29)44-33(17-12-26-48-44)47(35)32-15-3-10-25-43(32)53-46-34(47)16-11-22-40(46)51-38-20-6-8-23-41(38)52-42-24-9-7-21-39(42)51/h1-28H/t47-/m1/s1. The van der Waals surface area contributed by atoms with Crippen molar-refractivity contribution in [2.75, 3.05) is 4.90 Å².